The van der Waals surface area contributed by atoms with Crippen LogP contribution in [0.5, 0.6) is 0 Å². The van der Waals surface area contributed by atoms with Gasteiger partial charge in [-0.15, -0.1) is 33.1 Å². The zero-order valence-corrected chi connectivity index (χ0v) is 5.33. The van der Waals surface area contributed by atoms with Gasteiger partial charge in [-0.2, -0.15) is 0 Å². The van der Waals surface area contributed by atoms with Crippen molar-refractivity contribution in [1.29, 1.82) is 0 Å². The van der Waals surface area contributed by atoms with E-state index in [0.29, 0.717) is 0 Å². The van der Waals surface area contributed by atoms with Gasteiger partial charge in [0.1, 0.15) is 0 Å². The summed E-state index contributed by atoms with van der Waals surface area (Å²) < 4.78 is 8.70. The first kappa shape index (κ1) is 9.87. The number of thiol groups is 2. The molecule has 2 N–H and O–H groups in total. The van der Waals surface area contributed by atoms with E-state index in [0.717, 1.165) is 0 Å². The van der Waals surface area contributed by atoms with Crippen molar-refractivity contribution in [3.8, 4) is 0 Å². The van der Waals surface area contributed by atoms with E-state index in [1.165, 1.54) is 0 Å². The molecule has 0 bridgehead atoms. The predicted octanol–water partition coefficient (Wildman–Crippen LogP) is 0.389. The van der Waals surface area contributed by atoms with Crippen LogP contribution in [0.25, 0.3) is 0 Å². The Hall–Kier alpha value is 0.720. The van der Waals surface area contributed by atoms with Gasteiger partial charge in [0.05, 0.1) is 0 Å². The monoisotopic (exact) mass is 147 g/mol. The molecular weight excluding hydrogens is 143 g/mol. The van der Waals surface area contributed by atoms with Gasteiger partial charge in [0, 0.05) is 4.57 Å². The molecule has 0 aliphatic carbocycles. The van der Waals surface area contributed by atoms with Crippen LogP contribution in [0.2, 0.25) is 0 Å². The average Bonchev–Trinajstić information content (AvgIpc) is 1.41. The molecule has 0 heterocycles. The Morgan fingerprint density at radius 2 is 1.33 bits per heavy atom. The lowest BCUT2D eigenvalue weighted by Crippen LogP contribution is -1.38. The molecule has 0 fully saturated rings. The third-order valence-corrected chi connectivity index (χ3v) is 0. The molecule has 0 atom stereocenters. The van der Waals surface area contributed by atoms with Crippen molar-refractivity contribution in [2.45, 2.75) is 0 Å². The van der Waals surface area contributed by atoms with Crippen LogP contribution in [0.4, 0.5) is 0 Å². The van der Waals surface area contributed by atoms with Crippen LogP contribution in [0.1, 0.15) is 0 Å². The predicted molar refractivity (Wildman–Crippen MR) is 30.0 cm³/mol. The lowest BCUT2D eigenvalue weighted by Gasteiger charge is -1.34. The fourth-order valence-corrected chi connectivity index (χ4v) is 0. The van der Waals surface area contributed by atoms with Gasteiger partial charge in [0.2, 0.25) is 0 Å². The Kier molecular flexibility index (Phi) is 15.1. The van der Waals surface area contributed by atoms with E-state index >= 15 is 0 Å². The average molecular weight is 147 g/mol. The third-order valence-electron chi connectivity index (χ3n) is 0. The van der Waals surface area contributed by atoms with E-state index in [2.05, 4.69) is 23.3 Å². The molecule has 0 saturated heterocycles. The minimum atomic E-state index is -2.87. The van der Waals surface area contributed by atoms with Crippen LogP contribution in [-0.4, -0.2) is 9.79 Å². The molecular formula is H4O3PS2+. The minimum Gasteiger partial charge on any atom is -0.134 e. The number of hydrogen-bond acceptors (Lipinski definition) is 3. The maximum Gasteiger partial charge on any atom is 0.692 e. The zero-order valence-electron chi connectivity index (χ0n) is 2.64. The molecule has 0 unspecified atom stereocenters. The smallest absolute Gasteiger partial charge is 0.134 e. The fourth-order valence-electron chi connectivity index (χ4n) is 0. The molecule has 0 aliphatic rings. The van der Waals surface area contributed by atoms with Crippen LogP contribution in [0.15, 0.2) is 0 Å². The topological polar surface area (TPSA) is 57.5 Å². The van der Waals surface area contributed by atoms with E-state index in [9.17, 15) is 0 Å². The van der Waals surface area contributed by atoms with Crippen LogP contribution in [-0.2, 0) is 4.57 Å². The van der Waals surface area contributed by atoms with Gasteiger partial charge in [-0.1, -0.05) is 0 Å². The van der Waals surface area contributed by atoms with Crippen molar-refractivity contribution in [3.05, 3.63) is 0 Å². The lowest BCUT2D eigenvalue weighted by atomic mass is 15.8. The highest BCUT2D eigenvalue weighted by Crippen LogP contribution is 1.98. The first-order valence-corrected chi connectivity index (χ1v) is 3.55. The molecule has 0 radical (unpaired) electrons. The summed E-state index contributed by atoms with van der Waals surface area (Å²) >= 11 is 6.44. The zero-order chi connectivity index (χ0) is 5.58. The molecule has 0 saturated carbocycles. The highest BCUT2D eigenvalue weighted by molar-refractivity contribution is 8.59. The Balaban J connectivity index is 0. The fraction of sp³-hybridized carbons (Fsp3) is 0. The molecule has 0 rings (SSSR count). The summed E-state index contributed by atoms with van der Waals surface area (Å²) in [5.74, 6) is 0. The van der Waals surface area contributed by atoms with Crippen molar-refractivity contribution in [3.63, 3.8) is 0 Å². The molecule has 0 spiro atoms. The Morgan fingerprint density at radius 1 is 1.33 bits per heavy atom. The standard InChI is InChI=1S/HO3P.H2S2/c1-4(2)3;1-2/h(H-,1,2,3);1-2H/p+1. The van der Waals surface area contributed by atoms with Gasteiger partial charge in [-0.3, -0.25) is 0 Å². The van der Waals surface area contributed by atoms with Crippen molar-refractivity contribution in [2.24, 2.45) is 0 Å². The summed E-state index contributed by atoms with van der Waals surface area (Å²) in [4.78, 5) is 14.2. The van der Waals surface area contributed by atoms with Crippen LogP contribution < -0.4 is 0 Å². The summed E-state index contributed by atoms with van der Waals surface area (Å²) in [6, 6.07) is 0. The second-order valence-corrected chi connectivity index (χ2v) is 0.758. The van der Waals surface area contributed by atoms with Crippen molar-refractivity contribution in [1.82, 2.24) is 0 Å². The highest BCUT2D eigenvalue weighted by Gasteiger charge is 1.93. The lowest BCUT2D eigenvalue weighted by molar-refractivity contribution is 0.405. The van der Waals surface area contributed by atoms with Crippen LogP contribution in [0, 0.1) is 0 Å². The summed E-state index contributed by atoms with van der Waals surface area (Å²) in [6.45, 7) is 0. The number of hydrogen-bond donors (Lipinski definition) is 4. The Bertz CT molecular complexity index is 31.8. The van der Waals surface area contributed by atoms with Crippen molar-refractivity contribution < 1.29 is 14.4 Å². The quantitative estimate of drug-likeness (QED) is 0.228. The molecule has 38 valence electrons. The SMILES string of the molecule is O=[P+](O)O.SS. The van der Waals surface area contributed by atoms with E-state index in [1.54, 1.807) is 0 Å². The summed E-state index contributed by atoms with van der Waals surface area (Å²) in [6.07, 6.45) is 0. The van der Waals surface area contributed by atoms with E-state index in [4.69, 9.17) is 14.4 Å². The van der Waals surface area contributed by atoms with Gasteiger partial charge >= 0.3 is 8.25 Å². The molecule has 0 aromatic carbocycles. The molecule has 6 heavy (non-hydrogen) atoms. The van der Waals surface area contributed by atoms with Crippen LogP contribution >= 0.6 is 31.6 Å². The van der Waals surface area contributed by atoms with Gasteiger partial charge < -0.3 is 0 Å². The van der Waals surface area contributed by atoms with Gasteiger partial charge in [-0.05, 0) is 0 Å². The van der Waals surface area contributed by atoms with E-state index < -0.39 is 8.25 Å². The van der Waals surface area contributed by atoms with Gasteiger partial charge in [0.25, 0.3) is 0 Å². The summed E-state index contributed by atoms with van der Waals surface area (Å²) in [7, 11) is -2.87. The maximum absolute atomic E-state index is 8.70. The molecule has 0 aliphatic heterocycles. The normalized spacial score (nSPS) is 5.33. The second kappa shape index (κ2) is 9.21. The summed E-state index contributed by atoms with van der Waals surface area (Å²) in [5, 5.41) is 0. The minimum absolute atomic E-state index is 2.87. The Morgan fingerprint density at radius 3 is 1.33 bits per heavy atom. The third kappa shape index (κ3) is 126. The molecule has 0 aromatic heterocycles. The number of rotatable bonds is 0. The van der Waals surface area contributed by atoms with Crippen molar-refractivity contribution >= 4 is 31.6 Å². The van der Waals surface area contributed by atoms with E-state index in [-0.39, 0.29) is 0 Å². The van der Waals surface area contributed by atoms with Gasteiger partial charge in [-0.25, -0.2) is 0 Å². The maximum atomic E-state index is 8.70. The second-order valence-electron chi connectivity index (χ2n) is 0.253. The molecule has 0 aromatic rings. The highest BCUT2D eigenvalue weighted by atomic mass is 33.1. The molecule has 3 nitrogen and oxygen atoms in total. The largest absolute Gasteiger partial charge is 0.692 e. The van der Waals surface area contributed by atoms with E-state index in [1.807, 2.05) is 0 Å². The molecule has 0 amide bonds. The van der Waals surface area contributed by atoms with Crippen molar-refractivity contribution in [2.75, 3.05) is 0 Å². The Labute approximate surface area is 46.6 Å². The van der Waals surface area contributed by atoms with Gasteiger partial charge in [0.15, 0.2) is 0 Å². The first-order valence-electron chi connectivity index (χ1n) is 0.783. The summed E-state index contributed by atoms with van der Waals surface area (Å²) in [5.41, 5.74) is 0. The first-order chi connectivity index (χ1) is 2.73. The van der Waals surface area contributed by atoms with Crippen LogP contribution in [0.3, 0.4) is 0 Å². The molecule has 6 heteroatoms.